The van der Waals surface area contributed by atoms with Crippen LogP contribution in [0, 0.1) is 5.92 Å². The van der Waals surface area contributed by atoms with Crippen molar-refractivity contribution in [3.05, 3.63) is 11.1 Å². The summed E-state index contributed by atoms with van der Waals surface area (Å²) in [7, 11) is 0. The van der Waals surface area contributed by atoms with Gasteiger partial charge in [-0.2, -0.15) is 0 Å². The van der Waals surface area contributed by atoms with Crippen LogP contribution in [0.25, 0.3) is 0 Å². The maximum Gasteiger partial charge on any atom is 0.225 e. The lowest BCUT2D eigenvalue weighted by atomic mass is 10.1. The van der Waals surface area contributed by atoms with Crippen molar-refractivity contribution < 1.29 is 4.79 Å². The molecule has 0 aliphatic heterocycles. The number of rotatable bonds is 7. The molecule has 1 heterocycles. The third-order valence-corrected chi connectivity index (χ3v) is 3.84. The maximum atomic E-state index is 11.4. The van der Waals surface area contributed by atoms with Gasteiger partial charge in [0.25, 0.3) is 0 Å². The summed E-state index contributed by atoms with van der Waals surface area (Å²) in [5.41, 5.74) is 1.01. The molecule has 0 aliphatic carbocycles. The predicted octanol–water partition coefficient (Wildman–Crippen LogP) is 3.04. The Morgan fingerprint density at radius 2 is 2.16 bits per heavy atom. The van der Waals surface area contributed by atoms with E-state index in [9.17, 15) is 4.79 Å². The third kappa shape index (κ3) is 5.28. The van der Waals surface area contributed by atoms with Gasteiger partial charge in [0, 0.05) is 31.4 Å². The van der Waals surface area contributed by atoms with E-state index in [4.69, 9.17) is 0 Å². The van der Waals surface area contributed by atoms with E-state index in [0.29, 0.717) is 18.5 Å². The second-order valence-electron chi connectivity index (χ2n) is 5.30. The average molecular weight is 283 g/mol. The Morgan fingerprint density at radius 1 is 1.47 bits per heavy atom. The van der Waals surface area contributed by atoms with Gasteiger partial charge in [0.05, 0.1) is 5.69 Å². The number of hydrogen-bond acceptors (Lipinski definition) is 4. The third-order valence-electron chi connectivity index (χ3n) is 2.92. The van der Waals surface area contributed by atoms with Crippen LogP contribution in [-0.2, 0) is 11.3 Å². The van der Waals surface area contributed by atoms with Gasteiger partial charge in [0.1, 0.15) is 0 Å². The number of nitrogens with one attached hydrogen (secondary N) is 1. The summed E-state index contributed by atoms with van der Waals surface area (Å²) in [5.74, 6) is 0.742. The molecule has 1 aromatic rings. The molecule has 1 amide bonds. The zero-order valence-electron chi connectivity index (χ0n) is 12.6. The minimum absolute atomic E-state index is 0.0459. The van der Waals surface area contributed by atoms with Crippen LogP contribution in [0.15, 0.2) is 5.38 Å². The van der Waals surface area contributed by atoms with Crippen molar-refractivity contribution in [2.24, 2.45) is 5.92 Å². The van der Waals surface area contributed by atoms with Crippen LogP contribution < -0.4 is 10.2 Å². The number of hydrogen-bond donors (Lipinski definition) is 1. The Bertz CT molecular complexity index is 403. The fourth-order valence-corrected chi connectivity index (χ4v) is 3.00. The molecular formula is C14H25N3OS. The minimum Gasteiger partial charge on any atom is -0.309 e. The highest BCUT2D eigenvalue weighted by molar-refractivity contribution is 7.14. The molecule has 0 bridgehead atoms. The van der Waals surface area contributed by atoms with Crippen molar-refractivity contribution >= 4 is 22.4 Å². The monoisotopic (exact) mass is 283 g/mol. The van der Waals surface area contributed by atoms with E-state index < -0.39 is 0 Å². The van der Waals surface area contributed by atoms with Crippen LogP contribution in [0.4, 0.5) is 5.13 Å². The van der Waals surface area contributed by atoms with Crippen molar-refractivity contribution in [2.45, 2.75) is 53.6 Å². The van der Waals surface area contributed by atoms with Gasteiger partial charge in [0.15, 0.2) is 5.13 Å². The first-order valence-electron chi connectivity index (χ1n) is 6.89. The molecule has 0 spiro atoms. The zero-order valence-corrected chi connectivity index (χ0v) is 13.4. The number of aromatic nitrogens is 1. The van der Waals surface area contributed by atoms with E-state index >= 15 is 0 Å². The quantitative estimate of drug-likeness (QED) is 0.836. The van der Waals surface area contributed by atoms with Crippen molar-refractivity contribution in [1.29, 1.82) is 0 Å². The molecule has 0 saturated heterocycles. The summed E-state index contributed by atoms with van der Waals surface area (Å²) < 4.78 is 0. The Labute approximate surface area is 120 Å². The Morgan fingerprint density at radius 3 is 2.68 bits per heavy atom. The van der Waals surface area contributed by atoms with E-state index in [-0.39, 0.29) is 5.91 Å². The van der Waals surface area contributed by atoms with Crippen molar-refractivity contribution in [2.75, 3.05) is 11.4 Å². The van der Waals surface area contributed by atoms with Crippen LogP contribution in [0.1, 0.15) is 46.7 Å². The van der Waals surface area contributed by atoms with Crippen LogP contribution in [0.3, 0.4) is 0 Å². The van der Waals surface area contributed by atoms with Gasteiger partial charge in [-0.1, -0.05) is 13.8 Å². The molecular weight excluding hydrogens is 258 g/mol. The number of amides is 1. The van der Waals surface area contributed by atoms with Crippen molar-refractivity contribution in [1.82, 2.24) is 10.3 Å². The topological polar surface area (TPSA) is 45.2 Å². The van der Waals surface area contributed by atoms with Crippen molar-refractivity contribution in [3.63, 3.8) is 0 Å². The summed E-state index contributed by atoms with van der Waals surface area (Å²) in [4.78, 5) is 17.7. The first-order valence-corrected chi connectivity index (χ1v) is 7.77. The van der Waals surface area contributed by atoms with Crippen LogP contribution >= 0.6 is 11.3 Å². The molecule has 0 aromatic carbocycles. The molecule has 5 heteroatoms. The van der Waals surface area contributed by atoms with Crippen LogP contribution in [0.2, 0.25) is 0 Å². The van der Waals surface area contributed by atoms with Crippen LogP contribution in [0.5, 0.6) is 0 Å². The Hall–Kier alpha value is -0.940. The largest absolute Gasteiger partial charge is 0.309 e. The van der Waals surface area contributed by atoms with Gasteiger partial charge in [-0.05, 0) is 26.2 Å². The molecule has 0 aliphatic rings. The number of anilines is 1. The average Bonchev–Trinajstić information content (AvgIpc) is 2.74. The zero-order chi connectivity index (χ0) is 14.4. The summed E-state index contributed by atoms with van der Waals surface area (Å²) in [5, 5.41) is 6.29. The molecule has 1 N–H and O–H groups in total. The van der Waals surface area contributed by atoms with Gasteiger partial charge < -0.3 is 5.32 Å². The van der Waals surface area contributed by atoms with E-state index in [1.807, 2.05) is 12.3 Å². The van der Waals surface area contributed by atoms with Gasteiger partial charge in [-0.15, -0.1) is 11.3 Å². The molecule has 0 saturated carbocycles. The second-order valence-corrected chi connectivity index (χ2v) is 6.13. The SMILES string of the molecule is CCN(C(C)=O)c1nc(CNC(C)CC(C)C)cs1. The first kappa shape index (κ1) is 16.1. The fourth-order valence-electron chi connectivity index (χ4n) is 2.06. The molecule has 1 atom stereocenters. The summed E-state index contributed by atoms with van der Waals surface area (Å²) in [6, 6.07) is 0.486. The molecule has 1 aromatic heterocycles. The lowest BCUT2D eigenvalue weighted by molar-refractivity contribution is -0.116. The van der Waals surface area contributed by atoms with E-state index in [0.717, 1.165) is 23.8 Å². The number of nitrogens with zero attached hydrogens (tertiary/aromatic N) is 2. The van der Waals surface area contributed by atoms with E-state index in [1.165, 1.54) is 11.3 Å². The molecule has 0 fully saturated rings. The molecule has 19 heavy (non-hydrogen) atoms. The van der Waals surface area contributed by atoms with E-state index in [1.54, 1.807) is 11.8 Å². The number of thiazole rings is 1. The predicted molar refractivity (Wildman–Crippen MR) is 81.6 cm³/mol. The lowest BCUT2D eigenvalue weighted by Gasteiger charge is -2.15. The highest BCUT2D eigenvalue weighted by Crippen LogP contribution is 2.20. The number of carbonyl (C=O) groups excluding carboxylic acids is 1. The maximum absolute atomic E-state index is 11.4. The van der Waals surface area contributed by atoms with Gasteiger partial charge in [0.2, 0.25) is 5.91 Å². The van der Waals surface area contributed by atoms with Crippen molar-refractivity contribution in [3.8, 4) is 0 Å². The highest BCUT2D eigenvalue weighted by Gasteiger charge is 2.13. The molecule has 1 rings (SSSR count). The normalized spacial score (nSPS) is 12.7. The second kappa shape index (κ2) is 7.60. The van der Waals surface area contributed by atoms with Gasteiger partial charge in [-0.25, -0.2) is 4.98 Å². The Kier molecular flexibility index (Phi) is 6.45. The molecule has 4 nitrogen and oxygen atoms in total. The lowest BCUT2D eigenvalue weighted by Crippen LogP contribution is -2.28. The van der Waals surface area contributed by atoms with E-state index in [2.05, 4.69) is 31.1 Å². The van der Waals surface area contributed by atoms with Gasteiger partial charge >= 0.3 is 0 Å². The van der Waals surface area contributed by atoms with Gasteiger partial charge in [-0.3, -0.25) is 9.69 Å². The first-order chi connectivity index (χ1) is 8.93. The summed E-state index contributed by atoms with van der Waals surface area (Å²) >= 11 is 1.53. The molecule has 1 unspecified atom stereocenters. The molecule has 0 radical (unpaired) electrons. The smallest absolute Gasteiger partial charge is 0.225 e. The molecule has 108 valence electrons. The Balaban J connectivity index is 2.53. The highest BCUT2D eigenvalue weighted by atomic mass is 32.1. The van der Waals surface area contributed by atoms with Crippen LogP contribution in [-0.4, -0.2) is 23.5 Å². The summed E-state index contributed by atoms with van der Waals surface area (Å²) in [6.07, 6.45) is 1.16. The summed E-state index contributed by atoms with van der Waals surface area (Å²) in [6.45, 7) is 11.6. The minimum atomic E-state index is 0.0459. The fraction of sp³-hybridized carbons (Fsp3) is 0.714. The number of carbonyl (C=O) groups is 1. The standard InChI is InChI=1S/C14H25N3OS/c1-6-17(12(5)18)14-16-13(9-19-14)8-15-11(4)7-10(2)3/h9-11,15H,6-8H2,1-5H3.